The van der Waals surface area contributed by atoms with Crippen LogP contribution >= 0.6 is 0 Å². The molecule has 1 fully saturated rings. The minimum absolute atomic E-state index is 0.107. The molecule has 0 amide bonds. The molecule has 2 aromatic rings. The van der Waals surface area contributed by atoms with Gasteiger partial charge in [0.05, 0.1) is 16.8 Å². The van der Waals surface area contributed by atoms with Gasteiger partial charge in [-0.2, -0.15) is 0 Å². The van der Waals surface area contributed by atoms with Crippen LogP contribution in [0.2, 0.25) is 0 Å². The van der Waals surface area contributed by atoms with E-state index in [0.717, 1.165) is 29.7 Å². The largest absolute Gasteiger partial charge is 0.409 e. The van der Waals surface area contributed by atoms with E-state index < -0.39 is 0 Å². The molecule has 110 valence electrons. The highest BCUT2D eigenvalue weighted by Gasteiger charge is 2.29. The van der Waals surface area contributed by atoms with E-state index in [1.54, 1.807) is 6.20 Å². The van der Waals surface area contributed by atoms with Gasteiger partial charge in [0, 0.05) is 24.7 Å². The minimum Gasteiger partial charge on any atom is -0.409 e. The monoisotopic (exact) mass is 284 g/mol. The molecule has 1 aromatic carbocycles. The first kappa shape index (κ1) is 13.7. The van der Waals surface area contributed by atoms with Gasteiger partial charge in [0.15, 0.2) is 5.84 Å². The van der Waals surface area contributed by atoms with Crippen LogP contribution in [0.15, 0.2) is 35.6 Å². The standard InChI is InChI=1S/C16H20N4O/c1-10-8-20(9-11(10)2)15-12-5-3-4-6-14(12)18-7-13(15)16(17)19-21/h3-7,10-11,21H,8-9H2,1-2H3,(H2,17,19). The normalized spacial score (nSPS) is 23.0. The number of aromatic nitrogens is 1. The van der Waals surface area contributed by atoms with Crippen molar-refractivity contribution in [1.29, 1.82) is 0 Å². The topological polar surface area (TPSA) is 74.7 Å². The molecule has 0 bridgehead atoms. The van der Waals surface area contributed by atoms with Gasteiger partial charge in [-0.3, -0.25) is 4.98 Å². The Labute approximate surface area is 124 Å². The van der Waals surface area contributed by atoms with Gasteiger partial charge in [-0.15, -0.1) is 0 Å². The number of pyridine rings is 1. The van der Waals surface area contributed by atoms with Crippen molar-refractivity contribution in [3.8, 4) is 0 Å². The molecule has 5 nitrogen and oxygen atoms in total. The van der Waals surface area contributed by atoms with Gasteiger partial charge >= 0.3 is 0 Å². The number of anilines is 1. The maximum absolute atomic E-state index is 9.05. The van der Waals surface area contributed by atoms with Crippen LogP contribution in [0.4, 0.5) is 5.69 Å². The second-order valence-corrected chi connectivity index (χ2v) is 5.88. The molecular formula is C16H20N4O. The molecule has 0 radical (unpaired) electrons. The maximum Gasteiger partial charge on any atom is 0.173 e. The van der Waals surface area contributed by atoms with Crippen molar-refractivity contribution < 1.29 is 5.21 Å². The predicted molar refractivity (Wildman–Crippen MR) is 84.8 cm³/mol. The Hall–Kier alpha value is -2.30. The maximum atomic E-state index is 9.05. The lowest BCUT2D eigenvalue weighted by Crippen LogP contribution is -2.25. The Balaban J connectivity index is 2.21. The highest BCUT2D eigenvalue weighted by Crippen LogP contribution is 2.35. The first-order valence-electron chi connectivity index (χ1n) is 7.22. The Morgan fingerprint density at radius 2 is 1.95 bits per heavy atom. The molecule has 5 heteroatoms. The fourth-order valence-electron chi connectivity index (χ4n) is 3.02. The van der Waals surface area contributed by atoms with Crippen molar-refractivity contribution in [2.75, 3.05) is 18.0 Å². The third-order valence-electron chi connectivity index (χ3n) is 4.44. The van der Waals surface area contributed by atoms with E-state index >= 15 is 0 Å². The highest BCUT2D eigenvalue weighted by molar-refractivity contribution is 6.08. The molecule has 1 saturated heterocycles. The number of hydrogen-bond acceptors (Lipinski definition) is 4. The Morgan fingerprint density at radius 1 is 1.29 bits per heavy atom. The summed E-state index contributed by atoms with van der Waals surface area (Å²) in [4.78, 5) is 6.75. The number of hydrogen-bond donors (Lipinski definition) is 2. The molecule has 2 atom stereocenters. The van der Waals surface area contributed by atoms with E-state index in [2.05, 4.69) is 28.9 Å². The molecule has 0 saturated carbocycles. The lowest BCUT2D eigenvalue weighted by molar-refractivity contribution is 0.318. The van der Waals surface area contributed by atoms with Gasteiger partial charge in [-0.25, -0.2) is 0 Å². The highest BCUT2D eigenvalue weighted by atomic mass is 16.4. The summed E-state index contributed by atoms with van der Waals surface area (Å²) >= 11 is 0. The van der Waals surface area contributed by atoms with Gasteiger partial charge in [0.2, 0.25) is 0 Å². The Bertz CT molecular complexity index is 688. The summed E-state index contributed by atoms with van der Waals surface area (Å²) in [5.41, 5.74) is 8.49. The lowest BCUT2D eigenvalue weighted by Gasteiger charge is -2.23. The van der Waals surface area contributed by atoms with Crippen LogP contribution in [0, 0.1) is 11.8 Å². The molecule has 3 N–H and O–H groups in total. The van der Waals surface area contributed by atoms with Crippen LogP contribution in [0.25, 0.3) is 10.9 Å². The number of amidine groups is 1. The van der Waals surface area contributed by atoms with E-state index in [1.165, 1.54) is 0 Å². The fourth-order valence-corrected chi connectivity index (χ4v) is 3.02. The molecule has 1 aliphatic rings. The zero-order valence-corrected chi connectivity index (χ0v) is 12.3. The van der Waals surface area contributed by atoms with Crippen molar-refractivity contribution in [1.82, 2.24) is 4.98 Å². The van der Waals surface area contributed by atoms with Crippen LogP contribution in [-0.4, -0.2) is 29.1 Å². The van der Waals surface area contributed by atoms with E-state index in [1.807, 2.05) is 24.3 Å². The first-order valence-corrected chi connectivity index (χ1v) is 7.22. The molecule has 1 aliphatic heterocycles. The van der Waals surface area contributed by atoms with Gasteiger partial charge in [0.25, 0.3) is 0 Å². The van der Waals surface area contributed by atoms with Crippen LogP contribution in [0.3, 0.4) is 0 Å². The molecule has 0 aliphatic carbocycles. The second-order valence-electron chi connectivity index (χ2n) is 5.88. The summed E-state index contributed by atoms with van der Waals surface area (Å²) in [6.07, 6.45) is 1.69. The predicted octanol–water partition coefficient (Wildman–Crippen LogP) is 2.42. The summed E-state index contributed by atoms with van der Waals surface area (Å²) in [5, 5.41) is 13.3. The first-order chi connectivity index (χ1) is 10.1. The third-order valence-corrected chi connectivity index (χ3v) is 4.44. The van der Waals surface area contributed by atoms with Crippen molar-refractivity contribution in [3.63, 3.8) is 0 Å². The number of nitrogens with two attached hydrogens (primary N) is 1. The van der Waals surface area contributed by atoms with Gasteiger partial charge < -0.3 is 15.8 Å². The van der Waals surface area contributed by atoms with E-state index in [-0.39, 0.29) is 5.84 Å². The molecule has 2 heterocycles. The van der Waals surface area contributed by atoms with Gasteiger partial charge in [0.1, 0.15) is 0 Å². The number of nitrogens with zero attached hydrogens (tertiary/aromatic N) is 3. The van der Waals surface area contributed by atoms with E-state index in [9.17, 15) is 0 Å². The summed E-state index contributed by atoms with van der Waals surface area (Å²) in [7, 11) is 0. The molecular weight excluding hydrogens is 264 g/mol. The van der Waals surface area contributed by atoms with Gasteiger partial charge in [-0.1, -0.05) is 37.2 Å². The summed E-state index contributed by atoms with van der Waals surface area (Å²) in [6, 6.07) is 7.99. The molecule has 3 rings (SSSR count). The Morgan fingerprint density at radius 3 is 2.62 bits per heavy atom. The average molecular weight is 284 g/mol. The van der Waals surface area contributed by atoms with E-state index in [4.69, 9.17) is 10.9 Å². The minimum atomic E-state index is 0.107. The SMILES string of the molecule is CC1CN(c2c(C(N)=NO)cnc3ccccc23)CC1C. The van der Waals surface area contributed by atoms with Crippen LogP contribution in [0.1, 0.15) is 19.4 Å². The quantitative estimate of drug-likeness (QED) is 0.384. The Kier molecular flexibility index (Phi) is 3.41. The lowest BCUT2D eigenvalue weighted by atomic mass is 10.0. The van der Waals surface area contributed by atoms with Crippen LogP contribution < -0.4 is 10.6 Å². The summed E-state index contributed by atoms with van der Waals surface area (Å²) < 4.78 is 0. The van der Waals surface area contributed by atoms with Crippen molar-refractivity contribution in [3.05, 3.63) is 36.0 Å². The summed E-state index contributed by atoms with van der Waals surface area (Å²) in [5.74, 6) is 1.35. The number of rotatable bonds is 2. The van der Waals surface area contributed by atoms with Crippen molar-refractivity contribution in [2.45, 2.75) is 13.8 Å². The summed E-state index contributed by atoms with van der Waals surface area (Å²) in [6.45, 7) is 6.47. The second kappa shape index (κ2) is 5.24. The molecule has 2 unspecified atom stereocenters. The molecule has 0 spiro atoms. The van der Waals surface area contributed by atoms with E-state index in [0.29, 0.717) is 17.4 Å². The van der Waals surface area contributed by atoms with Crippen molar-refractivity contribution >= 4 is 22.4 Å². The van der Waals surface area contributed by atoms with Crippen LogP contribution in [0.5, 0.6) is 0 Å². The van der Waals surface area contributed by atoms with Crippen LogP contribution in [-0.2, 0) is 0 Å². The fraction of sp³-hybridized carbons (Fsp3) is 0.375. The zero-order valence-electron chi connectivity index (χ0n) is 12.3. The molecule has 21 heavy (non-hydrogen) atoms. The smallest absolute Gasteiger partial charge is 0.173 e. The number of fused-ring (bicyclic) bond motifs is 1. The number of para-hydroxylation sites is 1. The third kappa shape index (κ3) is 2.28. The molecule has 1 aromatic heterocycles. The zero-order chi connectivity index (χ0) is 15.0. The van der Waals surface area contributed by atoms with Gasteiger partial charge in [-0.05, 0) is 17.9 Å². The number of oxime groups is 1. The number of benzene rings is 1. The van der Waals surface area contributed by atoms with Crippen molar-refractivity contribution in [2.24, 2.45) is 22.7 Å². The average Bonchev–Trinajstić information content (AvgIpc) is 2.84.